The fourth-order valence-electron chi connectivity index (χ4n) is 2.49. The summed E-state index contributed by atoms with van der Waals surface area (Å²) in [6.45, 7) is 2.01. The van der Waals surface area contributed by atoms with Crippen LogP contribution < -0.4 is 5.56 Å². The van der Waals surface area contributed by atoms with Crippen LogP contribution in [0.15, 0.2) is 53.8 Å². The summed E-state index contributed by atoms with van der Waals surface area (Å²) >= 11 is 0. The molecule has 0 fully saturated rings. The number of pyridine rings is 1. The first-order chi connectivity index (χ1) is 10.2. The zero-order valence-electron chi connectivity index (χ0n) is 11.6. The van der Waals surface area contributed by atoms with Gasteiger partial charge in [-0.3, -0.25) is 14.3 Å². The lowest BCUT2D eigenvalue weighted by Crippen LogP contribution is -2.25. The van der Waals surface area contributed by atoms with Gasteiger partial charge in [0, 0.05) is 12.4 Å². The Morgan fingerprint density at radius 2 is 2.00 bits per heavy atom. The molecule has 21 heavy (non-hydrogen) atoms. The molecule has 1 atom stereocenters. The number of phenolic OH excluding ortho intramolecular Hbond substituents is 1. The highest BCUT2D eigenvalue weighted by atomic mass is 16.3. The Labute approximate surface area is 121 Å². The Kier molecular flexibility index (Phi) is 3.39. The molecule has 0 radical (unpaired) electrons. The van der Waals surface area contributed by atoms with E-state index in [0.717, 1.165) is 12.0 Å². The molecular weight excluding hydrogens is 266 g/mol. The zero-order valence-corrected chi connectivity index (χ0v) is 11.6. The van der Waals surface area contributed by atoms with Crippen LogP contribution in [0.25, 0.3) is 10.9 Å². The molecule has 0 saturated heterocycles. The van der Waals surface area contributed by atoms with Crippen LogP contribution in [0.3, 0.4) is 0 Å². The van der Waals surface area contributed by atoms with Crippen LogP contribution in [0.4, 0.5) is 0 Å². The fraction of sp³-hybridized carbons (Fsp3) is 0.188. The quantitative estimate of drug-likeness (QED) is 0.801. The van der Waals surface area contributed by atoms with Gasteiger partial charge in [0.15, 0.2) is 0 Å². The minimum absolute atomic E-state index is 0.104. The molecule has 2 heterocycles. The number of phenols is 1. The lowest BCUT2D eigenvalue weighted by molar-refractivity contribution is 0.474. The predicted molar refractivity (Wildman–Crippen MR) is 80.3 cm³/mol. The average molecular weight is 281 g/mol. The largest absolute Gasteiger partial charge is 0.508 e. The SMILES string of the molecule is CC[C@H](c1ccc(O)cc1)n1cnc2ccncc2c1=O. The molecule has 0 unspecified atom stereocenters. The van der Waals surface area contributed by atoms with Gasteiger partial charge in [0.05, 0.1) is 23.3 Å². The maximum atomic E-state index is 12.6. The highest BCUT2D eigenvalue weighted by Crippen LogP contribution is 2.22. The van der Waals surface area contributed by atoms with E-state index in [2.05, 4.69) is 9.97 Å². The third-order valence-corrected chi connectivity index (χ3v) is 3.58. The summed E-state index contributed by atoms with van der Waals surface area (Å²) in [5.74, 6) is 0.210. The van der Waals surface area contributed by atoms with Gasteiger partial charge in [-0.15, -0.1) is 0 Å². The van der Waals surface area contributed by atoms with Gasteiger partial charge in [0.2, 0.25) is 0 Å². The minimum atomic E-state index is -0.116. The molecule has 2 aromatic heterocycles. The number of hydrogen-bond acceptors (Lipinski definition) is 4. The Hall–Kier alpha value is -2.69. The molecule has 3 aromatic rings. The van der Waals surface area contributed by atoms with Gasteiger partial charge < -0.3 is 5.11 Å². The Bertz CT molecular complexity index is 825. The second kappa shape index (κ2) is 5.36. The first-order valence-electron chi connectivity index (χ1n) is 6.80. The van der Waals surface area contributed by atoms with Crippen molar-refractivity contribution in [1.82, 2.24) is 14.5 Å². The molecule has 3 rings (SSSR count). The van der Waals surface area contributed by atoms with Crippen molar-refractivity contribution in [1.29, 1.82) is 0 Å². The maximum absolute atomic E-state index is 12.6. The summed E-state index contributed by atoms with van der Waals surface area (Å²) in [7, 11) is 0. The van der Waals surface area contributed by atoms with E-state index < -0.39 is 0 Å². The standard InChI is InChI=1S/C16H15N3O2/c1-2-15(11-3-5-12(20)6-4-11)19-10-18-14-7-8-17-9-13(14)16(19)21/h3-10,15,20H,2H2,1H3/t15-/m1/s1. The van der Waals surface area contributed by atoms with Crippen LogP contribution in [0.2, 0.25) is 0 Å². The van der Waals surface area contributed by atoms with Crippen LogP contribution >= 0.6 is 0 Å². The number of benzene rings is 1. The molecule has 0 saturated carbocycles. The molecule has 1 N–H and O–H groups in total. The van der Waals surface area contributed by atoms with Crippen molar-refractivity contribution in [3.8, 4) is 5.75 Å². The molecule has 0 aliphatic heterocycles. The van der Waals surface area contributed by atoms with Crippen LogP contribution in [0, 0.1) is 0 Å². The normalized spacial score (nSPS) is 12.4. The van der Waals surface area contributed by atoms with Gasteiger partial charge in [-0.2, -0.15) is 0 Å². The van der Waals surface area contributed by atoms with Gasteiger partial charge in [0.25, 0.3) is 5.56 Å². The van der Waals surface area contributed by atoms with E-state index in [9.17, 15) is 9.90 Å². The maximum Gasteiger partial charge on any atom is 0.263 e. The van der Waals surface area contributed by atoms with Crippen molar-refractivity contribution < 1.29 is 5.11 Å². The third-order valence-electron chi connectivity index (χ3n) is 3.58. The molecule has 5 nitrogen and oxygen atoms in total. The minimum Gasteiger partial charge on any atom is -0.508 e. The van der Waals surface area contributed by atoms with E-state index in [1.807, 2.05) is 19.1 Å². The first kappa shape index (κ1) is 13.3. The lowest BCUT2D eigenvalue weighted by Gasteiger charge is -2.18. The number of hydrogen-bond donors (Lipinski definition) is 1. The van der Waals surface area contributed by atoms with Crippen molar-refractivity contribution >= 4 is 10.9 Å². The number of aromatic nitrogens is 3. The van der Waals surface area contributed by atoms with E-state index in [-0.39, 0.29) is 17.4 Å². The summed E-state index contributed by atoms with van der Waals surface area (Å²) in [6, 6.07) is 8.50. The second-order valence-corrected chi connectivity index (χ2v) is 4.87. The number of rotatable bonds is 3. The van der Waals surface area contributed by atoms with Crippen LogP contribution in [0.1, 0.15) is 24.9 Å². The Morgan fingerprint density at radius 1 is 1.24 bits per heavy atom. The number of nitrogens with zero attached hydrogens (tertiary/aromatic N) is 3. The summed E-state index contributed by atoms with van der Waals surface area (Å²) in [6.07, 6.45) is 5.49. The van der Waals surface area contributed by atoms with Crippen molar-refractivity contribution in [2.75, 3.05) is 0 Å². The summed E-state index contributed by atoms with van der Waals surface area (Å²) in [4.78, 5) is 20.9. The summed E-state index contributed by atoms with van der Waals surface area (Å²) < 4.78 is 1.62. The molecule has 106 valence electrons. The second-order valence-electron chi connectivity index (χ2n) is 4.87. The molecule has 0 spiro atoms. The van der Waals surface area contributed by atoms with E-state index >= 15 is 0 Å². The first-order valence-corrected chi connectivity index (χ1v) is 6.80. The van der Waals surface area contributed by atoms with Gasteiger partial charge >= 0.3 is 0 Å². The Balaban J connectivity index is 2.15. The predicted octanol–water partition coefficient (Wildman–Crippen LogP) is 2.50. The van der Waals surface area contributed by atoms with Gasteiger partial charge in [0.1, 0.15) is 5.75 Å². The summed E-state index contributed by atoms with van der Waals surface area (Å²) in [5, 5.41) is 9.90. The van der Waals surface area contributed by atoms with E-state index in [1.54, 1.807) is 41.5 Å². The number of fused-ring (bicyclic) bond motifs is 1. The van der Waals surface area contributed by atoms with E-state index in [1.165, 1.54) is 0 Å². The van der Waals surface area contributed by atoms with Crippen molar-refractivity contribution in [2.45, 2.75) is 19.4 Å². The van der Waals surface area contributed by atoms with Crippen LogP contribution in [-0.4, -0.2) is 19.6 Å². The number of aromatic hydroxyl groups is 1. The lowest BCUT2D eigenvalue weighted by atomic mass is 10.0. The van der Waals surface area contributed by atoms with Crippen molar-refractivity contribution in [2.24, 2.45) is 0 Å². The monoisotopic (exact) mass is 281 g/mol. The molecule has 0 bridgehead atoms. The smallest absolute Gasteiger partial charge is 0.263 e. The van der Waals surface area contributed by atoms with E-state index in [0.29, 0.717) is 10.9 Å². The molecule has 5 heteroatoms. The molecular formula is C16H15N3O2. The summed E-state index contributed by atoms with van der Waals surface area (Å²) in [5.41, 5.74) is 1.50. The van der Waals surface area contributed by atoms with Gasteiger partial charge in [-0.1, -0.05) is 19.1 Å². The van der Waals surface area contributed by atoms with Crippen molar-refractivity contribution in [3.05, 3.63) is 65.0 Å². The fourth-order valence-corrected chi connectivity index (χ4v) is 2.49. The van der Waals surface area contributed by atoms with E-state index in [4.69, 9.17) is 0 Å². The molecule has 1 aromatic carbocycles. The van der Waals surface area contributed by atoms with Crippen molar-refractivity contribution in [3.63, 3.8) is 0 Å². The highest BCUT2D eigenvalue weighted by molar-refractivity contribution is 5.75. The van der Waals surface area contributed by atoms with Gasteiger partial charge in [-0.05, 0) is 30.2 Å². The molecule has 0 aliphatic rings. The van der Waals surface area contributed by atoms with Gasteiger partial charge in [-0.25, -0.2) is 4.98 Å². The van der Waals surface area contributed by atoms with Crippen LogP contribution in [0.5, 0.6) is 5.75 Å². The van der Waals surface area contributed by atoms with Crippen LogP contribution in [-0.2, 0) is 0 Å². The zero-order chi connectivity index (χ0) is 14.8. The average Bonchev–Trinajstić information content (AvgIpc) is 2.52. The third kappa shape index (κ3) is 2.38. The highest BCUT2D eigenvalue weighted by Gasteiger charge is 2.15. The molecule has 0 amide bonds. The Morgan fingerprint density at radius 3 is 2.71 bits per heavy atom. The topological polar surface area (TPSA) is 68.0 Å². The molecule has 0 aliphatic carbocycles.